The third-order valence-corrected chi connectivity index (χ3v) is 4.89. The third-order valence-electron chi connectivity index (χ3n) is 4.89. The van der Waals surface area contributed by atoms with Crippen LogP contribution in [0.3, 0.4) is 0 Å². The van der Waals surface area contributed by atoms with Gasteiger partial charge in [-0.2, -0.15) is 0 Å². The first-order valence-corrected chi connectivity index (χ1v) is 7.42. The number of hydrogen-bond acceptors (Lipinski definition) is 3. The molecule has 3 unspecified atom stereocenters. The van der Waals surface area contributed by atoms with E-state index < -0.39 is 5.60 Å². The van der Waals surface area contributed by atoms with E-state index in [0.29, 0.717) is 0 Å². The van der Waals surface area contributed by atoms with Gasteiger partial charge in [0.15, 0.2) is 0 Å². The van der Waals surface area contributed by atoms with E-state index in [1.807, 2.05) is 12.3 Å². The van der Waals surface area contributed by atoms with Crippen molar-refractivity contribution < 1.29 is 9.84 Å². The second kappa shape index (κ2) is 5.22. The highest BCUT2D eigenvalue weighted by molar-refractivity contribution is 5.29. The Balaban J connectivity index is 1.89. The fraction of sp³-hybridized carbons (Fsp3) is 0.688. The number of fused-ring (bicyclic) bond motifs is 1. The minimum atomic E-state index is -0.623. The van der Waals surface area contributed by atoms with E-state index >= 15 is 0 Å². The summed E-state index contributed by atoms with van der Waals surface area (Å²) < 4.78 is 5.48. The predicted octanol–water partition coefficient (Wildman–Crippen LogP) is 2.82. The van der Waals surface area contributed by atoms with Crippen molar-refractivity contribution in [1.82, 2.24) is 4.98 Å². The molecule has 2 aliphatic carbocycles. The van der Waals surface area contributed by atoms with E-state index in [1.54, 1.807) is 7.11 Å². The second-order valence-corrected chi connectivity index (χ2v) is 6.05. The molecule has 1 aromatic rings. The molecule has 0 radical (unpaired) electrons. The maximum atomic E-state index is 11.1. The summed E-state index contributed by atoms with van der Waals surface area (Å²) in [7, 11) is 1.75. The monoisotopic (exact) mass is 261 g/mol. The summed E-state index contributed by atoms with van der Waals surface area (Å²) in [6.45, 7) is 0. The zero-order valence-corrected chi connectivity index (χ0v) is 11.6. The molecule has 19 heavy (non-hydrogen) atoms. The molecule has 1 fully saturated rings. The molecule has 2 aliphatic rings. The van der Waals surface area contributed by atoms with Crippen molar-refractivity contribution in [2.45, 2.75) is 62.6 Å². The predicted molar refractivity (Wildman–Crippen MR) is 74.1 cm³/mol. The molecule has 0 saturated heterocycles. The Hall–Kier alpha value is -0.930. The molecular weight excluding hydrogens is 238 g/mol. The fourth-order valence-corrected chi connectivity index (χ4v) is 3.88. The summed E-state index contributed by atoms with van der Waals surface area (Å²) in [6.07, 6.45) is 9.13. The van der Waals surface area contributed by atoms with Gasteiger partial charge in [0, 0.05) is 31.3 Å². The Morgan fingerprint density at radius 2 is 2.26 bits per heavy atom. The Morgan fingerprint density at radius 3 is 3.11 bits per heavy atom. The SMILES string of the molecule is COC1CCCC(O)(C2CCCc3cccnc32)C1. The van der Waals surface area contributed by atoms with Crippen LogP contribution in [0.4, 0.5) is 0 Å². The maximum Gasteiger partial charge on any atom is 0.0755 e. The lowest BCUT2D eigenvalue weighted by Gasteiger charge is -2.43. The molecule has 0 bridgehead atoms. The quantitative estimate of drug-likeness (QED) is 0.890. The van der Waals surface area contributed by atoms with Gasteiger partial charge in [0.25, 0.3) is 0 Å². The van der Waals surface area contributed by atoms with Gasteiger partial charge in [-0.1, -0.05) is 6.07 Å². The number of ether oxygens (including phenoxy) is 1. The Bertz CT molecular complexity index is 448. The first-order valence-electron chi connectivity index (χ1n) is 7.42. The van der Waals surface area contributed by atoms with E-state index in [-0.39, 0.29) is 12.0 Å². The normalized spacial score (nSPS) is 34.8. The number of pyridine rings is 1. The number of aromatic nitrogens is 1. The highest BCUT2D eigenvalue weighted by atomic mass is 16.5. The van der Waals surface area contributed by atoms with Gasteiger partial charge in [-0.05, 0) is 50.2 Å². The summed E-state index contributed by atoms with van der Waals surface area (Å²) in [5.41, 5.74) is 1.84. The topological polar surface area (TPSA) is 42.4 Å². The molecule has 1 aromatic heterocycles. The van der Waals surface area contributed by atoms with Crippen LogP contribution in [-0.2, 0) is 11.2 Å². The van der Waals surface area contributed by atoms with Gasteiger partial charge in [0.2, 0.25) is 0 Å². The Labute approximate surface area is 115 Å². The van der Waals surface area contributed by atoms with Crippen molar-refractivity contribution in [2.75, 3.05) is 7.11 Å². The number of aliphatic hydroxyl groups is 1. The molecule has 3 rings (SSSR count). The van der Waals surface area contributed by atoms with Crippen LogP contribution >= 0.6 is 0 Å². The minimum Gasteiger partial charge on any atom is -0.389 e. The third kappa shape index (κ3) is 2.41. The van der Waals surface area contributed by atoms with Crippen molar-refractivity contribution in [1.29, 1.82) is 0 Å². The number of rotatable bonds is 2. The number of nitrogens with zero attached hydrogens (tertiary/aromatic N) is 1. The molecule has 3 nitrogen and oxygen atoms in total. The summed E-state index contributed by atoms with van der Waals surface area (Å²) in [4.78, 5) is 4.57. The average Bonchev–Trinajstić information content (AvgIpc) is 2.46. The molecule has 104 valence electrons. The fourth-order valence-electron chi connectivity index (χ4n) is 3.88. The highest BCUT2D eigenvalue weighted by Crippen LogP contribution is 2.45. The van der Waals surface area contributed by atoms with Gasteiger partial charge >= 0.3 is 0 Å². The highest BCUT2D eigenvalue weighted by Gasteiger charge is 2.44. The zero-order valence-electron chi connectivity index (χ0n) is 11.6. The molecule has 3 heteroatoms. The van der Waals surface area contributed by atoms with Crippen molar-refractivity contribution in [2.24, 2.45) is 0 Å². The lowest BCUT2D eigenvalue weighted by molar-refractivity contribution is -0.0787. The average molecular weight is 261 g/mol. The lowest BCUT2D eigenvalue weighted by atomic mass is 9.68. The lowest BCUT2D eigenvalue weighted by Crippen LogP contribution is -2.44. The van der Waals surface area contributed by atoms with E-state index in [2.05, 4.69) is 11.1 Å². The smallest absolute Gasteiger partial charge is 0.0755 e. The van der Waals surface area contributed by atoms with Crippen LogP contribution < -0.4 is 0 Å². The van der Waals surface area contributed by atoms with Crippen molar-refractivity contribution in [3.8, 4) is 0 Å². The van der Waals surface area contributed by atoms with Crippen molar-refractivity contribution in [3.63, 3.8) is 0 Å². The van der Waals surface area contributed by atoms with Crippen LogP contribution in [0.15, 0.2) is 18.3 Å². The van der Waals surface area contributed by atoms with E-state index in [1.165, 1.54) is 5.56 Å². The zero-order chi connectivity index (χ0) is 13.3. The first kappa shape index (κ1) is 13.1. The number of methoxy groups -OCH3 is 1. The van der Waals surface area contributed by atoms with Gasteiger partial charge in [-0.25, -0.2) is 0 Å². The molecule has 0 aromatic carbocycles. The van der Waals surface area contributed by atoms with E-state index in [0.717, 1.165) is 50.6 Å². The van der Waals surface area contributed by atoms with Crippen LogP contribution in [0.5, 0.6) is 0 Å². The van der Waals surface area contributed by atoms with Crippen LogP contribution in [0, 0.1) is 0 Å². The summed E-state index contributed by atoms with van der Waals surface area (Å²) >= 11 is 0. The standard InChI is InChI=1S/C16H23NO2/c1-19-13-7-3-9-16(18,11-13)14-8-2-5-12-6-4-10-17-15(12)14/h4,6,10,13-14,18H,2-3,5,7-9,11H2,1H3. The summed E-state index contributed by atoms with van der Waals surface area (Å²) in [5.74, 6) is 0.190. The van der Waals surface area contributed by atoms with Crippen LogP contribution in [-0.4, -0.2) is 28.9 Å². The van der Waals surface area contributed by atoms with Gasteiger partial charge < -0.3 is 9.84 Å². The number of aryl methyl sites for hydroxylation is 1. The molecule has 0 aliphatic heterocycles. The Morgan fingerprint density at radius 1 is 1.37 bits per heavy atom. The van der Waals surface area contributed by atoms with Gasteiger partial charge in [-0.3, -0.25) is 4.98 Å². The molecule has 1 saturated carbocycles. The van der Waals surface area contributed by atoms with Crippen LogP contribution in [0.2, 0.25) is 0 Å². The van der Waals surface area contributed by atoms with E-state index in [4.69, 9.17) is 4.74 Å². The van der Waals surface area contributed by atoms with Gasteiger partial charge in [0.05, 0.1) is 11.7 Å². The molecule has 1 N–H and O–H groups in total. The molecular formula is C16H23NO2. The van der Waals surface area contributed by atoms with Crippen LogP contribution in [0.1, 0.15) is 55.7 Å². The second-order valence-electron chi connectivity index (χ2n) is 6.05. The van der Waals surface area contributed by atoms with Gasteiger partial charge in [0.1, 0.15) is 0 Å². The molecule has 0 spiro atoms. The van der Waals surface area contributed by atoms with Crippen molar-refractivity contribution >= 4 is 0 Å². The molecule has 1 heterocycles. The van der Waals surface area contributed by atoms with Gasteiger partial charge in [-0.15, -0.1) is 0 Å². The summed E-state index contributed by atoms with van der Waals surface area (Å²) in [6, 6.07) is 4.17. The van der Waals surface area contributed by atoms with Crippen molar-refractivity contribution in [3.05, 3.63) is 29.6 Å². The van der Waals surface area contributed by atoms with E-state index in [9.17, 15) is 5.11 Å². The maximum absolute atomic E-state index is 11.1. The number of hydrogen-bond donors (Lipinski definition) is 1. The molecule has 0 amide bonds. The van der Waals surface area contributed by atoms with Crippen LogP contribution in [0.25, 0.3) is 0 Å². The largest absolute Gasteiger partial charge is 0.389 e. The summed E-state index contributed by atoms with van der Waals surface area (Å²) in [5, 5.41) is 11.1. The minimum absolute atomic E-state index is 0.190. The Kier molecular flexibility index (Phi) is 3.59. The first-order chi connectivity index (χ1) is 9.23. The molecule has 3 atom stereocenters.